The molecule has 1 unspecified atom stereocenters. The third-order valence-electron chi connectivity index (χ3n) is 4.06. The molecule has 140 valence electrons. The lowest BCUT2D eigenvalue weighted by Gasteiger charge is -2.22. The molecule has 7 heteroatoms. The van der Waals surface area contributed by atoms with Crippen LogP contribution in [0.5, 0.6) is 0 Å². The molecule has 0 spiro atoms. The Labute approximate surface area is 160 Å². The van der Waals surface area contributed by atoms with Crippen LogP contribution in [-0.2, 0) is 0 Å². The normalized spacial score (nSPS) is 12.2. The summed E-state index contributed by atoms with van der Waals surface area (Å²) in [7, 11) is 0. The van der Waals surface area contributed by atoms with Crippen LogP contribution in [0.1, 0.15) is 19.8 Å². The molecule has 0 fully saturated rings. The van der Waals surface area contributed by atoms with Crippen LogP contribution >= 0.6 is 24.0 Å². The van der Waals surface area contributed by atoms with E-state index in [2.05, 4.69) is 22.1 Å². The van der Waals surface area contributed by atoms with Crippen molar-refractivity contribution in [3.63, 3.8) is 0 Å². The summed E-state index contributed by atoms with van der Waals surface area (Å²) in [4.78, 5) is 6.43. The molecule has 0 saturated heterocycles. The van der Waals surface area contributed by atoms with Gasteiger partial charge < -0.3 is 15.5 Å². The van der Waals surface area contributed by atoms with Crippen molar-refractivity contribution in [1.82, 2.24) is 9.88 Å². The number of halogens is 2. The van der Waals surface area contributed by atoms with Crippen molar-refractivity contribution >= 4 is 40.6 Å². The first-order valence-electron chi connectivity index (χ1n) is 8.39. The highest BCUT2D eigenvalue weighted by atomic mass is 35.5. The molecule has 2 aromatic rings. The summed E-state index contributed by atoms with van der Waals surface area (Å²) < 4.78 is 0. The molecule has 3 N–H and O–H groups in total. The summed E-state index contributed by atoms with van der Waals surface area (Å²) in [6.07, 6.45) is 3.77. The number of aromatic nitrogens is 1. The predicted octanol–water partition coefficient (Wildman–Crippen LogP) is 3.18. The van der Waals surface area contributed by atoms with Gasteiger partial charge in [0, 0.05) is 36.4 Å². The van der Waals surface area contributed by atoms with E-state index in [0.717, 1.165) is 36.0 Å². The van der Waals surface area contributed by atoms with Crippen molar-refractivity contribution in [3.05, 3.63) is 35.5 Å². The number of aliphatic hydroxyl groups excluding tert-OH is 2. The maximum atomic E-state index is 9.04. The molecule has 1 aromatic carbocycles. The summed E-state index contributed by atoms with van der Waals surface area (Å²) in [5.41, 5.74) is 1.89. The van der Waals surface area contributed by atoms with E-state index in [0.29, 0.717) is 18.1 Å². The van der Waals surface area contributed by atoms with Crippen LogP contribution in [0.15, 0.2) is 30.5 Å². The number of nitrogens with zero attached hydrogens (tertiary/aromatic N) is 2. The van der Waals surface area contributed by atoms with Gasteiger partial charge in [-0.15, -0.1) is 12.4 Å². The maximum absolute atomic E-state index is 9.04. The van der Waals surface area contributed by atoms with Gasteiger partial charge in [-0.3, -0.25) is 9.88 Å². The van der Waals surface area contributed by atoms with E-state index in [1.165, 1.54) is 0 Å². The lowest BCUT2D eigenvalue weighted by Crippen LogP contribution is -2.31. The van der Waals surface area contributed by atoms with Crippen LogP contribution in [0.4, 0.5) is 5.69 Å². The summed E-state index contributed by atoms with van der Waals surface area (Å²) in [5, 5.41) is 23.3. The minimum atomic E-state index is 0. The van der Waals surface area contributed by atoms with Crippen molar-refractivity contribution in [2.45, 2.75) is 25.8 Å². The van der Waals surface area contributed by atoms with Crippen LogP contribution in [0.3, 0.4) is 0 Å². The number of rotatable bonds is 10. The van der Waals surface area contributed by atoms with E-state index in [1.54, 1.807) is 6.20 Å². The van der Waals surface area contributed by atoms with Crippen molar-refractivity contribution in [2.24, 2.45) is 0 Å². The minimum absolute atomic E-state index is 0. The van der Waals surface area contributed by atoms with E-state index in [-0.39, 0.29) is 31.7 Å². The average Bonchev–Trinajstić information content (AvgIpc) is 2.55. The zero-order chi connectivity index (χ0) is 17.4. The van der Waals surface area contributed by atoms with Gasteiger partial charge in [-0.25, -0.2) is 0 Å². The molecule has 0 aliphatic carbocycles. The molecular weight excluding hydrogens is 361 g/mol. The third-order valence-corrected chi connectivity index (χ3v) is 4.38. The van der Waals surface area contributed by atoms with Gasteiger partial charge in [-0.1, -0.05) is 17.7 Å². The fraction of sp³-hybridized carbons (Fsp3) is 0.500. The molecule has 0 bridgehead atoms. The van der Waals surface area contributed by atoms with Crippen molar-refractivity contribution in [1.29, 1.82) is 0 Å². The first-order chi connectivity index (χ1) is 11.7. The predicted molar refractivity (Wildman–Crippen MR) is 107 cm³/mol. The lowest BCUT2D eigenvalue weighted by molar-refractivity contribution is 0.159. The van der Waals surface area contributed by atoms with Gasteiger partial charge in [0.05, 0.1) is 23.8 Å². The first kappa shape index (κ1) is 21.9. The summed E-state index contributed by atoms with van der Waals surface area (Å²) in [6, 6.07) is 7.98. The van der Waals surface area contributed by atoms with E-state index in [4.69, 9.17) is 21.8 Å². The van der Waals surface area contributed by atoms with Crippen LogP contribution < -0.4 is 5.32 Å². The molecule has 0 aliphatic heterocycles. The number of anilines is 1. The minimum Gasteiger partial charge on any atom is -0.395 e. The van der Waals surface area contributed by atoms with Gasteiger partial charge in [-0.05, 0) is 44.5 Å². The number of pyridine rings is 1. The number of benzene rings is 1. The molecule has 1 aromatic heterocycles. The first-order valence-corrected chi connectivity index (χ1v) is 8.77. The summed E-state index contributed by atoms with van der Waals surface area (Å²) >= 11 is 6.33. The maximum Gasteiger partial charge on any atom is 0.0737 e. The SMILES string of the molecule is CC(CCCN(CCO)CCO)Nc1ccnc2cccc(Cl)c12.Cl. The second kappa shape index (κ2) is 11.5. The molecular formula is C18H27Cl2N3O2. The number of aliphatic hydroxyl groups is 2. The Morgan fingerprint density at radius 1 is 1.16 bits per heavy atom. The Morgan fingerprint density at radius 2 is 1.88 bits per heavy atom. The van der Waals surface area contributed by atoms with E-state index in [9.17, 15) is 0 Å². The van der Waals surface area contributed by atoms with Gasteiger partial charge in [0.1, 0.15) is 0 Å². The molecule has 0 saturated carbocycles. The molecule has 0 amide bonds. The summed E-state index contributed by atoms with van der Waals surface area (Å²) in [5.74, 6) is 0. The second-order valence-corrected chi connectivity index (χ2v) is 6.38. The smallest absolute Gasteiger partial charge is 0.0737 e. The van der Waals surface area contributed by atoms with Gasteiger partial charge >= 0.3 is 0 Å². The molecule has 0 radical (unpaired) electrons. The molecule has 1 atom stereocenters. The van der Waals surface area contributed by atoms with Crippen LogP contribution in [-0.4, -0.2) is 59.0 Å². The van der Waals surface area contributed by atoms with Crippen molar-refractivity contribution in [2.75, 3.05) is 38.2 Å². The van der Waals surface area contributed by atoms with Crippen LogP contribution in [0.2, 0.25) is 5.02 Å². The van der Waals surface area contributed by atoms with E-state index >= 15 is 0 Å². The Balaban J connectivity index is 0.00000312. The van der Waals surface area contributed by atoms with Crippen LogP contribution in [0, 0.1) is 0 Å². The Bertz CT molecular complexity index is 631. The van der Waals surface area contributed by atoms with Crippen molar-refractivity contribution in [3.8, 4) is 0 Å². The van der Waals surface area contributed by atoms with Crippen molar-refractivity contribution < 1.29 is 10.2 Å². The monoisotopic (exact) mass is 387 g/mol. The number of nitrogens with one attached hydrogen (secondary N) is 1. The zero-order valence-corrected chi connectivity index (χ0v) is 16.1. The molecule has 1 heterocycles. The molecule has 2 rings (SSSR count). The number of fused-ring (bicyclic) bond motifs is 1. The molecule has 5 nitrogen and oxygen atoms in total. The Morgan fingerprint density at radius 3 is 2.56 bits per heavy atom. The fourth-order valence-corrected chi connectivity index (χ4v) is 3.13. The quantitative estimate of drug-likeness (QED) is 0.583. The van der Waals surface area contributed by atoms with Crippen LogP contribution in [0.25, 0.3) is 10.9 Å². The topological polar surface area (TPSA) is 68.6 Å². The number of hydrogen-bond acceptors (Lipinski definition) is 5. The zero-order valence-electron chi connectivity index (χ0n) is 14.5. The lowest BCUT2D eigenvalue weighted by atomic mass is 10.1. The van der Waals surface area contributed by atoms with Gasteiger partial charge in [0.2, 0.25) is 0 Å². The Hall–Kier alpha value is -1.11. The van der Waals surface area contributed by atoms with Gasteiger partial charge in [-0.2, -0.15) is 0 Å². The molecule has 0 aliphatic rings. The summed E-state index contributed by atoms with van der Waals surface area (Å²) in [6.45, 7) is 4.46. The Kier molecular flexibility index (Phi) is 10.1. The number of hydrogen-bond donors (Lipinski definition) is 3. The largest absolute Gasteiger partial charge is 0.395 e. The van der Waals surface area contributed by atoms with Gasteiger partial charge in [0.15, 0.2) is 0 Å². The highest BCUT2D eigenvalue weighted by Gasteiger charge is 2.10. The van der Waals surface area contributed by atoms with E-state index in [1.807, 2.05) is 24.3 Å². The third kappa shape index (κ3) is 6.60. The second-order valence-electron chi connectivity index (χ2n) is 5.97. The van der Waals surface area contributed by atoms with E-state index < -0.39 is 0 Å². The average molecular weight is 388 g/mol. The highest BCUT2D eigenvalue weighted by molar-refractivity contribution is 6.36. The van der Waals surface area contributed by atoms with Gasteiger partial charge in [0.25, 0.3) is 0 Å². The standard InChI is InChI=1S/C18H26ClN3O2.ClH/c1-14(4-3-9-22(10-12-23)11-13-24)21-17-7-8-20-16-6-2-5-15(19)18(16)17;/h2,5-8,14,23-24H,3-4,9-13H2,1H3,(H,20,21);1H. The fourth-order valence-electron chi connectivity index (χ4n) is 2.86. The highest BCUT2D eigenvalue weighted by Crippen LogP contribution is 2.29. The molecule has 25 heavy (non-hydrogen) atoms.